The van der Waals surface area contributed by atoms with E-state index in [1.54, 1.807) is 0 Å². The second kappa shape index (κ2) is 15.3. The third-order valence-electron chi connectivity index (χ3n) is 4.21. The Kier molecular flexibility index (Phi) is 12.9. The molecule has 1 aromatic rings. The van der Waals surface area contributed by atoms with E-state index >= 15 is 0 Å². The van der Waals surface area contributed by atoms with E-state index in [1.165, 1.54) is 0 Å². The average Bonchev–Trinajstić information content (AvgIpc) is 2.69. The lowest BCUT2D eigenvalue weighted by atomic mass is 10.1. The number of carbonyl (C=O) groups excluding carboxylic acids is 2. The molecule has 0 atom stereocenters. The number of hydrogen-bond donors (Lipinski definition) is 7. The van der Waals surface area contributed by atoms with Gasteiger partial charge in [0, 0.05) is 18.7 Å². The highest BCUT2D eigenvalue weighted by atomic mass is 16.2. The van der Waals surface area contributed by atoms with E-state index < -0.39 is 0 Å². The molecule has 0 heterocycles. The van der Waals surface area contributed by atoms with Gasteiger partial charge in [0.2, 0.25) is 11.8 Å². The molecule has 1 rings (SSSR count). The SMILES string of the molecule is N=C(N)Nc1ccc(CCCC(=O)NCC(=O)NCCCCNCCCN)cc1. The maximum Gasteiger partial charge on any atom is 0.239 e. The fourth-order valence-corrected chi connectivity index (χ4v) is 2.65. The summed E-state index contributed by atoms with van der Waals surface area (Å²) in [6, 6.07) is 7.56. The smallest absolute Gasteiger partial charge is 0.239 e. The molecule has 0 bridgehead atoms. The first-order valence-electron chi connectivity index (χ1n) is 10.2. The van der Waals surface area contributed by atoms with Crippen LogP contribution in [0.15, 0.2) is 24.3 Å². The third-order valence-corrected chi connectivity index (χ3v) is 4.21. The molecule has 9 N–H and O–H groups in total. The molecule has 162 valence electrons. The molecule has 0 aliphatic rings. The number of anilines is 1. The van der Waals surface area contributed by atoms with Crippen molar-refractivity contribution in [2.24, 2.45) is 11.5 Å². The van der Waals surface area contributed by atoms with E-state index in [9.17, 15) is 9.59 Å². The number of aryl methyl sites for hydroxylation is 1. The second-order valence-electron chi connectivity index (χ2n) is 6.82. The van der Waals surface area contributed by atoms with Crippen molar-refractivity contribution in [2.45, 2.75) is 38.5 Å². The first-order chi connectivity index (χ1) is 14.0. The van der Waals surface area contributed by atoms with Gasteiger partial charge in [-0.25, -0.2) is 0 Å². The molecule has 0 radical (unpaired) electrons. The predicted molar refractivity (Wildman–Crippen MR) is 117 cm³/mol. The van der Waals surface area contributed by atoms with Crippen LogP contribution in [-0.4, -0.2) is 50.5 Å². The predicted octanol–water partition coefficient (Wildman–Crippen LogP) is 0.266. The molecule has 9 nitrogen and oxygen atoms in total. The number of unbranched alkanes of at least 4 members (excludes halogenated alkanes) is 1. The molecule has 0 aromatic heterocycles. The lowest BCUT2D eigenvalue weighted by molar-refractivity contribution is -0.126. The van der Waals surface area contributed by atoms with Crippen LogP contribution in [-0.2, 0) is 16.0 Å². The minimum absolute atomic E-state index is 0.0129. The maximum absolute atomic E-state index is 11.9. The number of rotatable bonds is 15. The number of carbonyl (C=O) groups is 2. The fourth-order valence-electron chi connectivity index (χ4n) is 2.65. The molecular weight excluding hydrogens is 370 g/mol. The zero-order valence-corrected chi connectivity index (χ0v) is 17.1. The summed E-state index contributed by atoms with van der Waals surface area (Å²) in [5, 5.41) is 18.7. The van der Waals surface area contributed by atoms with Gasteiger partial charge in [-0.1, -0.05) is 12.1 Å². The topological polar surface area (TPSA) is 158 Å². The molecule has 0 aliphatic carbocycles. The van der Waals surface area contributed by atoms with Crippen molar-refractivity contribution in [1.82, 2.24) is 16.0 Å². The summed E-state index contributed by atoms with van der Waals surface area (Å²) in [6.45, 7) is 3.17. The summed E-state index contributed by atoms with van der Waals surface area (Å²) < 4.78 is 0. The van der Waals surface area contributed by atoms with Gasteiger partial charge in [-0.2, -0.15) is 0 Å². The van der Waals surface area contributed by atoms with E-state index in [2.05, 4.69) is 21.3 Å². The number of guanidine groups is 1. The van der Waals surface area contributed by atoms with E-state index in [1.807, 2.05) is 24.3 Å². The molecule has 29 heavy (non-hydrogen) atoms. The summed E-state index contributed by atoms with van der Waals surface area (Å²) in [5.74, 6) is -0.393. The highest BCUT2D eigenvalue weighted by Gasteiger charge is 2.05. The molecule has 1 aromatic carbocycles. The van der Waals surface area contributed by atoms with Gasteiger partial charge in [-0.3, -0.25) is 15.0 Å². The molecule has 0 saturated heterocycles. The normalized spacial score (nSPS) is 10.4. The Morgan fingerprint density at radius 2 is 1.59 bits per heavy atom. The van der Waals surface area contributed by atoms with Crippen LogP contribution >= 0.6 is 0 Å². The van der Waals surface area contributed by atoms with Gasteiger partial charge >= 0.3 is 0 Å². The van der Waals surface area contributed by atoms with Gasteiger partial charge in [0.25, 0.3) is 0 Å². The van der Waals surface area contributed by atoms with Crippen LogP contribution in [0.5, 0.6) is 0 Å². The van der Waals surface area contributed by atoms with Crippen molar-refractivity contribution >= 4 is 23.5 Å². The molecular formula is C20H35N7O2. The second-order valence-corrected chi connectivity index (χ2v) is 6.82. The monoisotopic (exact) mass is 405 g/mol. The highest BCUT2D eigenvalue weighted by molar-refractivity contribution is 5.89. The summed E-state index contributed by atoms with van der Waals surface area (Å²) in [7, 11) is 0. The van der Waals surface area contributed by atoms with Gasteiger partial charge in [0.1, 0.15) is 0 Å². The zero-order valence-electron chi connectivity index (χ0n) is 17.1. The van der Waals surface area contributed by atoms with E-state index in [0.717, 1.165) is 50.0 Å². The van der Waals surface area contributed by atoms with Crippen molar-refractivity contribution in [3.63, 3.8) is 0 Å². The summed E-state index contributed by atoms with van der Waals surface area (Å²) >= 11 is 0. The molecule has 0 aliphatic heterocycles. The van der Waals surface area contributed by atoms with Crippen molar-refractivity contribution in [2.75, 3.05) is 38.0 Å². The van der Waals surface area contributed by atoms with Gasteiger partial charge in [0.15, 0.2) is 5.96 Å². The molecule has 9 heteroatoms. The van der Waals surface area contributed by atoms with E-state index in [0.29, 0.717) is 25.9 Å². The number of nitrogens with two attached hydrogens (primary N) is 2. The Hall–Kier alpha value is -2.65. The van der Waals surface area contributed by atoms with Gasteiger partial charge in [-0.15, -0.1) is 0 Å². The Bertz CT molecular complexity index is 620. The fraction of sp³-hybridized carbons (Fsp3) is 0.550. The number of hydrogen-bond acceptors (Lipinski definition) is 5. The Labute approximate surface area is 172 Å². The first-order valence-corrected chi connectivity index (χ1v) is 10.2. The van der Waals surface area contributed by atoms with Crippen LogP contribution in [0.1, 0.15) is 37.7 Å². The van der Waals surface area contributed by atoms with Crippen LogP contribution in [0.3, 0.4) is 0 Å². The summed E-state index contributed by atoms with van der Waals surface area (Å²) in [4.78, 5) is 23.6. The summed E-state index contributed by atoms with van der Waals surface area (Å²) in [6.07, 6.45) is 4.69. The third kappa shape index (κ3) is 13.2. The van der Waals surface area contributed by atoms with E-state index in [-0.39, 0.29) is 24.3 Å². The van der Waals surface area contributed by atoms with Crippen molar-refractivity contribution < 1.29 is 9.59 Å². The molecule has 0 saturated carbocycles. The summed E-state index contributed by atoms with van der Waals surface area (Å²) in [5.41, 5.74) is 12.6. The number of amides is 2. The van der Waals surface area contributed by atoms with Crippen LogP contribution in [0.25, 0.3) is 0 Å². The Morgan fingerprint density at radius 3 is 2.28 bits per heavy atom. The quantitative estimate of drug-likeness (QED) is 0.126. The Balaban J connectivity index is 2.04. The van der Waals surface area contributed by atoms with Crippen molar-refractivity contribution in [3.8, 4) is 0 Å². The van der Waals surface area contributed by atoms with Crippen LogP contribution in [0.4, 0.5) is 5.69 Å². The van der Waals surface area contributed by atoms with Crippen LogP contribution in [0, 0.1) is 5.41 Å². The van der Waals surface area contributed by atoms with Gasteiger partial charge < -0.3 is 32.7 Å². The zero-order chi connectivity index (χ0) is 21.3. The van der Waals surface area contributed by atoms with Gasteiger partial charge in [-0.05, 0) is 69.4 Å². The average molecular weight is 406 g/mol. The van der Waals surface area contributed by atoms with Gasteiger partial charge in [0.05, 0.1) is 6.54 Å². The first kappa shape index (κ1) is 24.4. The molecule has 2 amide bonds. The minimum atomic E-state index is -0.164. The maximum atomic E-state index is 11.9. The number of nitrogens with one attached hydrogen (secondary N) is 5. The molecule has 0 spiro atoms. The lowest BCUT2D eigenvalue weighted by Crippen LogP contribution is -2.37. The number of benzene rings is 1. The van der Waals surface area contributed by atoms with Crippen LogP contribution in [0.2, 0.25) is 0 Å². The molecule has 0 unspecified atom stereocenters. The lowest BCUT2D eigenvalue weighted by Gasteiger charge is -2.08. The standard InChI is InChI=1S/C20H35N7O2/c21-11-4-13-24-12-1-2-14-25-19(29)15-26-18(28)6-3-5-16-7-9-17(10-8-16)27-20(22)23/h7-10,24H,1-6,11-15,21H2,(H,25,29)(H,26,28)(H4,22,23,27). The van der Waals surface area contributed by atoms with Crippen molar-refractivity contribution in [3.05, 3.63) is 29.8 Å². The molecule has 0 fully saturated rings. The van der Waals surface area contributed by atoms with Crippen LogP contribution < -0.4 is 32.7 Å². The van der Waals surface area contributed by atoms with E-state index in [4.69, 9.17) is 16.9 Å². The largest absolute Gasteiger partial charge is 0.370 e. The minimum Gasteiger partial charge on any atom is -0.370 e. The highest BCUT2D eigenvalue weighted by Crippen LogP contribution is 2.11. The Morgan fingerprint density at radius 1 is 0.897 bits per heavy atom. The van der Waals surface area contributed by atoms with Crippen molar-refractivity contribution in [1.29, 1.82) is 5.41 Å².